The molecule has 2 heterocycles. The average Bonchev–Trinajstić information content (AvgIpc) is 3.28. The number of aryl methyl sites for hydroxylation is 1. The maximum Gasteiger partial charge on any atom is 0.257 e. The second kappa shape index (κ2) is 8.17. The minimum Gasteiger partial charge on any atom is -0.463 e. The molecular weight excluding hydrogens is 354 g/mol. The highest BCUT2D eigenvalue weighted by atomic mass is 32.1. The van der Waals surface area contributed by atoms with Gasteiger partial charge in [0.15, 0.2) is 0 Å². The van der Waals surface area contributed by atoms with Gasteiger partial charge in [-0.1, -0.05) is 29.0 Å². The van der Waals surface area contributed by atoms with Crippen molar-refractivity contribution >= 4 is 34.5 Å². The summed E-state index contributed by atoms with van der Waals surface area (Å²) in [6, 6.07) is 10.6. The highest BCUT2D eigenvalue weighted by Gasteiger charge is 2.12. The molecule has 0 unspecified atom stereocenters. The Balaban J connectivity index is 1.51. The van der Waals surface area contributed by atoms with Crippen LogP contribution in [0.4, 0.5) is 5.13 Å². The minimum atomic E-state index is -0.347. The van der Waals surface area contributed by atoms with Crippen molar-refractivity contribution in [1.82, 2.24) is 15.6 Å². The Bertz CT molecular complexity index is 916. The molecule has 0 aliphatic carbocycles. The summed E-state index contributed by atoms with van der Waals surface area (Å²) in [5.74, 6) is -0.0945. The van der Waals surface area contributed by atoms with Gasteiger partial charge < -0.3 is 4.42 Å². The van der Waals surface area contributed by atoms with E-state index in [1.807, 2.05) is 19.1 Å². The van der Waals surface area contributed by atoms with Crippen LogP contribution in [-0.2, 0) is 11.2 Å². The predicted molar refractivity (Wildman–Crippen MR) is 97.2 cm³/mol. The van der Waals surface area contributed by atoms with Gasteiger partial charge in [-0.25, -0.2) is 5.43 Å². The highest BCUT2D eigenvalue weighted by molar-refractivity contribution is 7.15. The number of hydrazone groups is 1. The number of amides is 2. The number of aromatic nitrogens is 2. The van der Waals surface area contributed by atoms with Crippen molar-refractivity contribution in [3.63, 3.8) is 0 Å². The van der Waals surface area contributed by atoms with Crippen molar-refractivity contribution < 1.29 is 14.0 Å². The molecule has 1 aromatic carbocycles. The highest BCUT2D eigenvalue weighted by Crippen LogP contribution is 2.17. The van der Waals surface area contributed by atoms with Crippen LogP contribution in [0.1, 0.15) is 26.7 Å². The molecule has 9 heteroatoms. The van der Waals surface area contributed by atoms with Crippen molar-refractivity contribution in [3.8, 4) is 0 Å². The number of nitrogens with zero attached hydrogens (tertiary/aromatic N) is 3. The molecule has 2 aromatic heterocycles. The van der Waals surface area contributed by atoms with Crippen molar-refractivity contribution in [2.45, 2.75) is 13.3 Å². The lowest BCUT2D eigenvalue weighted by molar-refractivity contribution is -0.120. The van der Waals surface area contributed by atoms with Gasteiger partial charge in [0, 0.05) is 5.56 Å². The molecule has 8 nitrogen and oxygen atoms in total. The molecule has 132 valence electrons. The van der Waals surface area contributed by atoms with Crippen LogP contribution in [0.3, 0.4) is 0 Å². The van der Waals surface area contributed by atoms with E-state index in [-0.39, 0.29) is 18.2 Å². The number of rotatable bonds is 6. The van der Waals surface area contributed by atoms with Gasteiger partial charge >= 0.3 is 0 Å². The molecule has 0 aliphatic rings. The van der Waals surface area contributed by atoms with E-state index < -0.39 is 0 Å². The summed E-state index contributed by atoms with van der Waals surface area (Å²) < 4.78 is 5.06. The second-order valence-corrected chi connectivity index (χ2v) is 6.37. The Hall–Kier alpha value is -3.33. The number of hydrogen-bond donors (Lipinski definition) is 2. The van der Waals surface area contributed by atoms with Crippen molar-refractivity contribution in [2.24, 2.45) is 5.10 Å². The van der Waals surface area contributed by atoms with Gasteiger partial charge in [-0.2, -0.15) is 5.10 Å². The molecule has 0 radical (unpaired) electrons. The number of benzene rings is 1. The first-order valence-corrected chi connectivity index (χ1v) is 8.47. The number of anilines is 1. The number of nitrogens with one attached hydrogen (secondary N) is 2. The van der Waals surface area contributed by atoms with E-state index in [4.69, 9.17) is 4.42 Å². The maximum absolute atomic E-state index is 12.1. The lowest BCUT2D eigenvalue weighted by Crippen LogP contribution is -2.19. The third kappa shape index (κ3) is 4.84. The van der Waals surface area contributed by atoms with Crippen LogP contribution < -0.4 is 10.7 Å². The molecule has 0 spiro atoms. The van der Waals surface area contributed by atoms with Gasteiger partial charge in [0.2, 0.25) is 11.0 Å². The standard InChI is InChI=1S/C17H15N5O3S/c1-11-4-6-12(7-5-11)16(24)19-17-22-21-15(26-17)9-14(23)20-18-10-13-3-2-8-25-13/h2-8,10H,9H2,1H3,(H,20,23)(H,19,22,24)/b18-10+. The zero-order valence-electron chi connectivity index (χ0n) is 13.8. The summed E-state index contributed by atoms with van der Waals surface area (Å²) in [7, 11) is 0. The lowest BCUT2D eigenvalue weighted by Gasteiger charge is -2.01. The summed E-state index contributed by atoms with van der Waals surface area (Å²) in [6.07, 6.45) is 2.91. The molecule has 2 N–H and O–H groups in total. The fourth-order valence-electron chi connectivity index (χ4n) is 1.96. The van der Waals surface area contributed by atoms with Gasteiger partial charge in [-0.15, -0.1) is 10.2 Å². The van der Waals surface area contributed by atoms with Crippen LogP contribution in [0, 0.1) is 6.92 Å². The third-order valence-electron chi connectivity index (χ3n) is 3.24. The van der Waals surface area contributed by atoms with Crippen LogP contribution >= 0.6 is 11.3 Å². The van der Waals surface area contributed by atoms with Crippen LogP contribution in [-0.4, -0.2) is 28.2 Å². The number of furan rings is 1. The number of hydrogen-bond acceptors (Lipinski definition) is 7. The van der Waals surface area contributed by atoms with E-state index in [0.717, 1.165) is 16.9 Å². The molecule has 0 saturated carbocycles. The van der Waals surface area contributed by atoms with E-state index in [1.165, 1.54) is 12.5 Å². The second-order valence-electron chi connectivity index (χ2n) is 5.31. The monoisotopic (exact) mass is 369 g/mol. The van der Waals surface area contributed by atoms with Crippen LogP contribution in [0.2, 0.25) is 0 Å². The van der Waals surface area contributed by atoms with Gasteiger partial charge in [0.1, 0.15) is 10.8 Å². The summed E-state index contributed by atoms with van der Waals surface area (Å²) in [6.45, 7) is 1.95. The first-order valence-electron chi connectivity index (χ1n) is 7.66. The van der Waals surface area contributed by atoms with E-state index in [0.29, 0.717) is 21.5 Å². The lowest BCUT2D eigenvalue weighted by atomic mass is 10.1. The molecule has 2 amide bonds. The van der Waals surface area contributed by atoms with Crippen LogP contribution in [0.5, 0.6) is 0 Å². The van der Waals surface area contributed by atoms with E-state index in [9.17, 15) is 9.59 Å². The van der Waals surface area contributed by atoms with Gasteiger partial charge in [0.05, 0.1) is 18.9 Å². The molecule has 0 fully saturated rings. The Morgan fingerprint density at radius 1 is 1.23 bits per heavy atom. The predicted octanol–water partition coefficient (Wildman–Crippen LogP) is 2.38. The fraction of sp³-hybridized carbons (Fsp3) is 0.118. The minimum absolute atomic E-state index is 0.00750. The third-order valence-corrected chi connectivity index (χ3v) is 4.08. The molecule has 0 atom stereocenters. The van der Waals surface area contributed by atoms with E-state index >= 15 is 0 Å². The Morgan fingerprint density at radius 2 is 2.04 bits per heavy atom. The molecule has 0 bridgehead atoms. The molecule has 0 aliphatic heterocycles. The Labute approximate surface area is 153 Å². The van der Waals surface area contributed by atoms with E-state index in [2.05, 4.69) is 26.0 Å². The first kappa shape index (κ1) is 17.5. The summed E-state index contributed by atoms with van der Waals surface area (Å²) in [5.41, 5.74) is 3.97. The SMILES string of the molecule is Cc1ccc(C(=O)Nc2nnc(CC(=O)N/N=C/c3ccco3)s2)cc1. The summed E-state index contributed by atoms with van der Waals surface area (Å²) in [4.78, 5) is 24.0. The number of carbonyl (C=O) groups excluding carboxylic acids is 2. The fourth-order valence-corrected chi connectivity index (χ4v) is 2.69. The van der Waals surface area contributed by atoms with Gasteiger partial charge in [0.25, 0.3) is 5.91 Å². The quantitative estimate of drug-likeness (QED) is 0.512. The topological polar surface area (TPSA) is 109 Å². The molecule has 3 aromatic rings. The van der Waals surface area contributed by atoms with Crippen LogP contribution in [0.25, 0.3) is 0 Å². The first-order chi connectivity index (χ1) is 12.6. The maximum atomic E-state index is 12.1. The zero-order valence-corrected chi connectivity index (χ0v) is 14.6. The Morgan fingerprint density at radius 3 is 2.77 bits per heavy atom. The van der Waals surface area contributed by atoms with Crippen molar-refractivity contribution in [2.75, 3.05) is 5.32 Å². The van der Waals surface area contributed by atoms with Gasteiger partial charge in [-0.05, 0) is 31.2 Å². The zero-order chi connectivity index (χ0) is 18.4. The average molecular weight is 369 g/mol. The normalized spacial score (nSPS) is 10.8. The molecule has 3 rings (SSSR count). The molecular formula is C17H15N5O3S. The Kier molecular flexibility index (Phi) is 5.49. The van der Waals surface area contributed by atoms with Crippen molar-refractivity contribution in [3.05, 3.63) is 64.6 Å². The molecule has 0 saturated heterocycles. The van der Waals surface area contributed by atoms with Gasteiger partial charge in [-0.3, -0.25) is 14.9 Å². The summed E-state index contributed by atoms with van der Waals surface area (Å²) >= 11 is 1.13. The van der Waals surface area contributed by atoms with E-state index in [1.54, 1.807) is 24.3 Å². The van der Waals surface area contributed by atoms with Crippen molar-refractivity contribution in [1.29, 1.82) is 0 Å². The largest absolute Gasteiger partial charge is 0.463 e. The summed E-state index contributed by atoms with van der Waals surface area (Å²) in [5, 5.41) is 15.0. The molecule has 26 heavy (non-hydrogen) atoms. The van der Waals surface area contributed by atoms with Crippen LogP contribution in [0.15, 0.2) is 52.2 Å². The smallest absolute Gasteiger partial charge is 0.257 e. The number of carbonyl (C=O) groups is 2.